The van der Waals surface area contributed by atoms with Crippen molar-refractivity contribution < 1.29 is 14.7 Å². The summed E-state index contributed by atoms with van der Waals surface area (Å²) in [6.45, 7) is 1.78. The molecule has 18 heavy (non-hydrogen) atoms. The van der Waals surface area contributed by atoms with Crippen molar-refractivity contribution >= 4 is 17.7 Å². The number of hydrogen-bond donors (Lipinski definition) is 3. The number of amides is 2. The Morgan fingerprint density at radius 2 is 2.28 bits per heavy atom. The van der Waals surface area contributed by atoms with Gasteiger partial charge in [-0.15, -0.1) is 0 Å². The lowest BCUT2D eigenvalue weighted by molar-refractivity contribution is -0.137. The summed E-state index contributed by atoms with van der Waals surface area (Å²) >= 11 is 0. The van der Waals surface area contributed by atoms with Crippen molar-refractivity contribution in [3.8, 4) is 0 Å². The third-order valence-electron chi connectivity index (χ3n) is 3.06. The molecule has 0 unspecified atom stereocenters. The second-order valence-corrected chi connectivity index (χ2v) is 4.81. The van der Waals surface area contributed by atoms with Crippen LogP contribution in [0.25, 0.3) is 0 Å². The summed E-state index contributed by atoms with van der Waals surface area (Å²) in [5.74, 6) is -0.976. The highest BCUT2D eigenvalue weighted by Gasteiger charge is 2.33. The molecule has 0 aromatic carbocycles. The smallest absolute Gasteiger partial charge is 0.325 e. The predicted molar refractivity (Wildman–Crippen MR) is 64.3 cm³/mol. The molecule has 7 heteroatoms. The molecule has 0 atom stereocenters. The van der Waals surface area contributed by atoms with E-state index in [0.29, 0.717) is 5.69 Å². The van der Waals surface area contributed by atoms with Crippen LogP contribution in [-0.4, -0.2) is 32.4 Å². The Labute approximate surface area is 104 Å². The van der Waals surface area contributed by atoms with Crippen molar-refractivity contribution in [1.82, 2.24) is 15.1 Å². The fourth-order valence-electron chi connectivity index (χ4n) is 1.92. The molecule has 7 nitrogen and oxygen atoms in total. The number of hydrogen-bond acceptors (Lipinski definition) is 3. The van der Waals surface area contributed by atoms with E-state index in [2.05, 4.69) is 15.7 Å². The Morgan fingerprint density at radius 3 is 2.83 bits per heavy atom. The average Bonchev–Trinajstić information content (AvgIpc) is 2.61. The topological polar surface area (TPSA) is 96.3 Å². The number of aliphatic carboxylic acids is 1. The fourth-order valence-corrected chi connectivity index (χ4v) is 1.92. The lowest BCUT2D eigenvalue weighted by Crippen LogP contribution is -2.52. The van der Waals surface area contributed by atoms with Crippen LogP contribution in [-0.2, 0) is 11.3 Å². The molecule has 1 heterocycles. The van der Waals surface area contributed by atoms with Gasteiger partial charge in [-0.3, -0.25) is 9.48 Å². The second-order valence-electron chi connectivity index (χ2n) is 4.81. The van der Waals surface area contributed by atoms with Gasteiger partial charge in [0.2, 0.25) is 0 Å². The lowest BCUT2D eigenvalue weighted by atomic mass is 9.79. The molecule has 2 amide bonds. The Kier molecular flexibility index (Phi) is 3.22. The van der Waals surface area contributed by atoms with E-state index < -0.39 is 5.97 Å². The zero-order chi connectivity index (χ0) is 13.2. The maximum atomic E-state index is 11.7. The van der Waals surface area contributed by atoms with Gasteiger partial charge in [0, 0.05) is 11.7 Å². The van der Waals surface area contributed by atoms with E-state index in [9.17, 15) is 9.59 Å². The van der Waals surface area contributed by atoms with Gasteiger partial charge in [-0.1, -0.05) is 0 Å². The van der Waals surface area contributed by atoms with Crippen LogP contribution in [0.3, 0.4) is 0 Å². The monoisotopic (exact) mass is 252 g/mol. The van der Waals surface area contributed by atoms with Crippen LogP contribution >= 0.6 is 0 Å². The molecule has 1 aromatic heterocycles. The van der Waals surface area contributed by atoms with E-state index in [0.717, 1.165) is 19.3 Å². The van der Waals surface area contributed by atoms with Gasteiger partial charge in [-0.05, 0) is 26.2 Å². The van der Waals surface area contributed by atoms with E-state index in [4.69, 9.17) is 5.11 Å². The second kappa shape index (κ2) is 4.67. The van der Waals surface area contributed by atoms with Crippen molar-refractivity contribution in [1.29, 1.82) is 0 Å². The van der Waals surface area contributed by atoms with Crippen LogP contribution < -0.4 is 10.6 Å². The molecule has 0 bridgehead atoms. The van der Waals surface area contributed by atoms with Gasteiger partial charge in [0.25, 0.3) is 0 Å². The number of anilines is 1. The van der Waals surface area contributed by atoms with Crippen LogP contribution in [0.15, 0.2) is 12.4 Å². The SMILES string of the molecule is CC1(NC(=O)Nc2cnn(CC(=O)O)c2)CCC1. The summed E-state index contributed by atoms with van der Waals surface area (Å²) in [7, 11) is 0. The maximum absolute atomic E-state index is 11.7. The van der Waals surface area contributed by atoms with E-state index in [1.165, 1.54) is 17.1 Å². The van der Waals surface area contributed by atoms with Gasteiger partial charge >= 0.3 is 12.0 Å². The minimum absolute atomic E-state index is 0.110. The van der Waals surface area contributed by atoms with Crippen molar-refractivity contribution in [2.45, 2.75) is 38.3 Å². The molecule has 0 saturated heterocycles. The first kappa shape index (κ1) is 12.4. The first-order valence-corrected chi connectivity index (χ1v) is 5.80. The molecule has 1 aliphatic carbocycles. The van der Waals surface area contributed by atoms with E-state index in [1.807, 2.05) is 6.92 Å². The number of carbonyl (C=O) groups is 2. The van der Waals surface area contributed by atoms with E-state index in [1.54, 1.807) is 0 Å². The van der Waals surface area contributed by atoms with Gasteiger partial charge in [-0.25, -0.2) is 4.79 Å². The Balaban J connectivity index is 1.86. The standard InChI is InChI=1S/C11H16N4O3/c1-11(3-2-4-11)14-10(18)13-8-5-12-15(6-8)7-9(16)17/h5-6H,2-4,7H2,1H3,(H,16,17)(H2,13,14,18). The maximum Gasteiger partial charge on any atom is 0.325 e. The number of carboxylic acids is 1. The lowest BCUT2D eigenvalue weighted by Gasteiger charge is -2.38. The van der Waals surface area contributed by atoms with Gasteiger partial charge in [0.1, 0.15) is 6.54 Å². The first-order valence-electron chi connectivity index (χ1n) is 5.80. The summed E-state index contributed by atoms with van der Waals surface area (Å²) in [5.41, 5.74) is 0.373. The molecule has 0 spiro atoms. The Hall–Kier alpha value is -2.05. The normalized spacial score (nSPS) is 16.7. The van der Waals surface area contributed by atoms with Crippen molar-refractivity contribution in [3.63, 3.8) is 0 Å². The van der Waals surface area contributed by atoms with Gasteiger partial charge in [-0.2, -0.15) is 5.10 Å². The van der Waals surface area contributed by atoms with Gasteiger partial charge in [0.15, 0.2) is 0 Å². The van der Waals surface area contributed by atoms with Crippen molar-refractivity contribution in [3.05, 3.63) is 12.4 Å². The quantitative estimate of drug-likeness (QED) is 0.745. The van der Waals surface area contributed by atoms with Gasteiger partial charge < -0.3 is 15.7 Å². The molecule has 98 valence electrons. The largest absolute Gasteiger partial charge is 0.480 e. The molecule has 2 rings (SSSR count). The van der Waals surface area contributed by atoms with E-state index in [-0.39, 0.29) is 18.1 Å². The number of rotatable bonds is 4. The van der Waals surface area contributed by atoms with Crippen LogP contribution in [0.1, 0.15) is 26.2 Å². The zero-order valence-corrected chi connectivity index (χ0v) is 10.1. The molecule has 1 fully saturated rings. The first-order chi connectivity index (χ1) is 8.47. The summed E-state index contributed by atoms with van der Waals surface area (Å²) in [5, 5.41) is 17.9. The minimum Gasteiger partial charge on any atom is -0.480 e. The Bertz CT molecular complexity index is 465. The third kappa shape index (κ3) is 2.99. The van der Waals surface area contributed by atoms with Gasteiger partial charge in [0.05, 0.1) is 11.9 Å². The number of aromatic nitrogens is 2. The van der Waals surface area contributed by atoms with Crippen molar-refractivity contribution in [2.24, 2.45) is 0 Å². The molecule has 3 N–H and O–H groups in total. The highest BCUT2D eigenvalue weighted by atomic mass is 16.4. The number of nitrogens with zero attached hydrogens (tertiary/aromatic N) is 2. The molecule has 0 aliphatic heterocycles. The average molecular weight is 252 g/mol. The molecule has 0 radical (unpaired) electrons. The number of nitrogens with one attached hydrogen (secondary N) is 2. The third-order valence-corrected chi connectivity index (χ3v) is 3.06. The molecule has 1 saturated carbocycles. The number of carboxylic acid groups (broad SMARTS) is 1. The minimum atomic E-state index is -0.976. The van der Waals surface area contributed by atoms with Crippen LogP contribution in [0, 0.1) is 0 Å². The predicted octanol–water partition coefficient (Wildman–Crippen LogP) is 1.03. The summed E-state index contributed by atoms with van der Waals surface area (Å²) in [6, 6.07) is -0.285. The molecule has 1 aliphatic rings. The number of urea groups is 1. The van der Waals surface area contributed by atoms with Crippen molar-refractivity contribution in [2.75, 3.05) is 5.32 Å². The summed E-state index contributed by atoms with van der Waals surface area (Å²) < 4.78 is 1.25. The summed E-state index contributed by atoms with van der Waals surface area (Å²) in [6.07, 6.45) is 6.01. The molecule has 1 aromatic rings. The highest BCUT2D eigenvalue weighted by molar-refractivity contribution is 5.89. The molecular weight excluding hydrogens is 236 g/mol. The highest BCUT2D eigenvalue weighted by Crippen LogP contribution is 2.30. The number of carbonyl (C=O) groups excluding carboxylic acids is 1. The van der Waals surface area contributed by atoms with Crippen LogP contribution in [0.4, 0.5) is 10.5 Å². The summed E-state index contributed by atoms with van der Waals surface area (Å²) in [4.78, 5) is 22.2. The fraction of sp³-hybridized carbons (Fsp3) is 0.545. The molecular formula is C11H16N4O3. The van der Waals surface area contributed by atoms with E-state index >= 15 is 0 Å². The zero-order valence-electron chi connectivity index (χ0n) is 10.1. The van der Waals surface area contributed by atoms with Crippen LogP contribution in [0.5, 0.6) is 0 Å². The van der Waals surface area contributed by atoms with Crippen LogP contribution in [0.2, 0.25) is 0 Å². The Morgan fingerprint density at radius 1 is 1.56 bits per heavy atom.